The van der Waals surface area contributed by atoms with Crippen molar-refractivity contribution in [1.82, 2.24) is 0 Å². The van der Waals surface area contributed by atoms with Crippen LogP contribution in [0.1, 0.15) is 69.8 Å². The molecule has 26 heavy (non-hydrogen) atoms. The lowest BCUT2D eigenvalue weighted by Gasteiger charge is -2.29. The molecule has 148 valence electrons. The van der Waals surface area contributed by atoms with E-state index in [-0.39, 0.29) is 17.8 Å². The lowest BCUT2D eigenvalue weighted by molar-refractivity contribution is 0.0222. The van der Waals surface area contributed by atoms with Crippen LogP contribution in [0.3, 0.4) is 0 Å². The predicted molar refractivity (Wildman–Crippen MR) is 98.8 cm³/mol. The fraction of sp³-hybridized carbons (Fsp3) is 0.714. The van der Waals surface area contributed by atoms with E-state index in [2.05, 4.69) is 0 Å². The van der Waals surface area contributed by atoms with E-state index in [9.17, 15) is 8.78 Å². The van der Waals surface area contributed by atoms with Gasteiger partial charge < -0.3 is 14.2 Å². The second-order valence-corrected chi connectivity index (χ2v) is 6.97. The predicted octanol–water partition coefficient (Wildman–Crippen LogP) is 5.61. The molecule has 0 aliphatic heterocycles. The van der Waals surface area contributed by atoms with E-state index < -0.39 is 11.6 Å². The van der Waals surface area contributed by atoms with E-state index in [0.29, 0.717) is 12.2 Å². The van der Waals surface area contributed by atoms with Crippen LogP contribution in [-0.2, 0) is 9.47 Å². The van der Waals surface area contributed by atoms with Gasteiger partial charge in [0.25, 0.3) is 0 Å². The quantitative estimate of drug-likeness (QED) is 0.474. The Balaban J connectivity index is 1.72. The van der Waals surface area contributed by atoms with Crippen LogP contribution < -0.4 is 4.74 Å². The zero-order valence-electron chi connectivity index (χ0n) is 16.1. The molecule has 0 amide bonds. The molecule has 2 rings (SSSR count). The molecule has 0 heterocycles. The number of halogens is 2. The third-order valence-corrected chi connectivity index (χ3v) is 5.09. The lowest BCUT2D eigenvalue weighted by atomic mass is 9.82. The van der Waals surface area contributed by atoms with Gasteiger partial charge in [-0.2, -0.15) is 4.39 Å². The van der Waals surface area contributed by atoms with Crippen molar-refractivity contribution in [3.63, 3.8) is 0 Å². The average molecular weight is 370 g/mol. The van der Waals surface area contributed by atoms with Gasteiger partial charge in [0, 0.05) is 20.3 Å². The first-order valence-corrected chi connectivity index (χ1v) is 9.88. The van der Waals surface area contributed by atoms with Crippen LogP contribution >= 0.6 is 0 Å². The van der Waals surface area contributed by atoms with E-state index >= 15 is 0 Å². The highest BCUT2D eigenvalue weighted by atomic mass is 19.2. The molecular formula is C21H32F2O3. The van der Waals surface area contributed by atoms with E-state index in [0.717, 1.165) is 58.2 Å². The van der Waals surface area contributed by atoms with Gasteiger partial charge in [-0.05, 0) is 63.0 Å². The first-order chi connectivity index (χ1) is 12.7. The van der Waals surface area contributed by atoms with Crippen molar-refractivity contribution in [2.45, 2.75) is 70.3 Å². The molecule has 1 aliphatic rings. The summed E-state index contributed by atoms with van der Waals surface area (Å²) in [6.07, 6.45) is 8.24. The third kappa shape index (κ3) is 6.20. The minimum absolute atomic E-state index is 0.00346. The van der Waals surface area contributed by atoms with Crippen molar-refractivity contribution in [3.8, 4) is 5.75 Å². The van der Waals surface area contributed by atoms with E-state index in [4.69, 9.17) is 14.2 Å². The van der Waals surface area contributed by atoms with Gasteiger partial charge >= 0.3 is 0 Å². The molecule has 0 saturated heterocycles. The molecule has 1 aromatic carbocycles. The van der Waals surface area contributed by atoms with Crippen molar-refractivity contribution in [1.29, 1.82) is 0 Å². The van der Waals surface area contributed by atoms with Crippen LogP contribution in [0.4, 0.5) is 8.78 Å². The fourth-order valence-electron chi connectivity index (χ4n) is 3.62. The molecule has 0 aromatic heterocycles. The molecule has 0 atom stereocenters. The van der Waals surface area contributed by atoms with Gasteiger partial charge in [-0.3, -0.25) is 0 Å². The van der Waals surface area contributed by atoms with Gasteiger partial charge in [-0.15, -0.1) is 0 Å². The Morgan fingerprint density at radius 1 is 0.923 bits per heavy atom. The number of hydrogen-bond donors (Lipinski definition) is 0. The summed E-state index contributed by atoms with van der Waals surface area (Å²) in [5.41, 5.74) is 0.475. The van der Waals surface area contributed by atoms with Crippen LogP contribution in [0.5, 0.6) is 5.75 Å². The highest BCUT2D eigenvalue weighted by molar-refractivity contribution is 5.33. The number of hydrogen-bond acceptors (Lipinski definition) is 3. The van der Waals surface area contributed by atoms with E-state index in [1.54, 1.807) is 26.2 Å². The normalized spacial score (nSPS) is 20.3. The molecule has 5 heteroatoms. The summed E-state index contributed by atoms with van der Waals surface area (Å²) >= 11 is 0. The SMILES string of the molecule is CCOc1ccc(C2CCC(OCCCCCCOC)CC2)c(F)c1F. The van der Waals surface area contributed by atoms with Gasteiger partial charge in [0.2, 0.25) is 5.82 Å². The minimum atomic E-state index is -0.865. The second kappa shape index (κ2) is 11.5. The summed E-state index contributed by atoms with van der Waals surface area (Å²) < 4.78 is 44.5. The number of benzene rings is 1. The second-order valence-electron chi connectivity index (χ2n) is 6.97. The van der Waals surface area contributed by atoms with Crippen molar-refractivity contribution in [3.05, 3.63) is 29.3 Å². The van der Waals surface area contributed by atoms with Crippen LogP contribution in [0.25, 0.3) is 0 Å². The molecule has 0 radical (unpaired) electrons. The van der Waals surface area contributed by atoms with Crippen LogP contribution in [-0.4, -0.2) is 33.0 Å². The van der Waals surface area contributed by atoms with Crippen LogP contribution in [0.15, 0.2) is 12.1 Å². The topological polar surface area (TPSA) is 27.7 Å². The Bertz CT molecular complexity index is 528. The number of rotatable bonds is 11. The smallest absolute Gasteiger partial charge is 0.200 e. The molecule has 0 bridgehead atoms. The maximum Gasteiger partial charge on any atom is 0.200 e. The molecule has 0 N–H and O–H groups in total. The van der Waals surface area contributed by atoms with Gasteiger partial charge in [0.1, 0.15) is 0 Å². The van der Waals surface area contributed by atoms with Crippen LogP contribution in [0, 0.1) is 11.6 Å². The van der Waals surface area contributed by atoms with Crippen molar-refractivity contribution in [2.75, 3.05) is 26.9 Å². The van der Waals surface area contributed by atoms with Crippen LogP contribution in [0.2, 0.25) is 0 Å². The van der Waals surface area contributed by atoms with Gasteiger partial charge in [-0.1, -0.05) is 18.9 Å². The first-order valence-electron chi connectivity index (χ1n) is 9.88. The Labute approximate surface area is 156 Å². The molecule has 3 nitrogen and oxygen atoms in total. The van der Waals surface area contributed by atoms with E-state index in [1.807, 2.05) is 0 Å². The van der Waals surface area contributed by atoms with Crippen molar-refractivity contribution in [2.24, 2.45) is 0 Å². The van der Waals surface area contributed by atoms with Gasteiger partial charge in [0.15, 0.2) is 11.6 Å². The zero-order valence-corrected chi connectivity index (χ0v) is 16.1. The molecule has 1 aromatic rings. The third-order valence-electron chi connectivity index (χ3n) is 5.09. The first kappa shape index (κ1) is 21.1. The monoisotopic (exact) mass is 370 g/mol. The molecule has 1 fully saturated rings. The molecule has 1 aliphatic carbocycles. The lowest BCUT2D eigenvalue weighted by Crippen LogP contribution is -2.22. The highest BCUT2D eigenvalue weighted by Crippen LogP contribution is 2.37. The maximum absolute atomic E-state index is 14.3. The Kier molecular flexibility index (Phi) is 9.33. The molecule has 0 spiro atoms. The Hall–Kier alpha value is -1.20. The average Bonchev–Trinajstić information content (AvgIpc) is 2.66. The summed E-state index contributed by atoms with van der Waals surface area (Å²) in [5.74, 6) is -1.56. The molecular weight excluding hydrogens is 338 g/mol. The molecule has 0 unspecified atom stereocenters. The number of ether oxygens (including phenoxy) is 3. The van der Waals surface area contributed by atoms with Crippen molar-refractivity contribution < 1.29 is 23.0 Å². The summed E-state index contributed by atoms with van der Waals surface area (Å²) in [6, 6.07) is 3.22. The maximum atomic E-state index is 14.3. The van der Waals surface area contributed by atoms with E-state index in [1.165, 1.54) is 6.42 Å². The summed E-state index contributed by atoms with van der Waals surface area (Å²) in [4.78, 5) is 0. The fourth-order valence-corrected chi connectivity index (χ4v) is 3.62. The van der Waals surface area contributed by atoms with Gasteiger partial charge in [0.05, 0.1) is 12.7 Å². The zero-order chi connectivity index (χ0) is 18.8. The molecule has 1 saturated carbocycles. The van der Waals surface area contributed by atoms with Crippen molar-refractivity contribution >= 4 is 0 Å². The number of methoxy groups -OCH3 is 1. The summed E-state index contributed by atoms with van der Waals surface area (Å²) in [5, 5.41) is 0. The minimum Gasteiger partial charge on any atom is -0.491 e. The summed E-state index contributed by atoms with van der Waals surface area (Å²) in [7, 11) is 1.73. The number of unbranched alkanes of at least 4 members (excludes halogenated alkanes) is 3. The highest BCUT2D eigenvalue weighted by Gasteiger charge is 2.26. The summed E-state index contributed by atoms with van der Waals surface area (Å²) in [6.45, 7) is 3.69. The Morgan fingerprint density at radius 2 is 1.62 bits per heavy atom. The standard InChI is InChI=1S/C21H32F2O3/c1-3-25-19-13-12-18(20(22)21(19)23)16-8-10-17(11-9-16)26-15-7-5-4-6-14-24-2/h12-13,16-17H,3-11,14-15H2,1-2H3. The Morgan fingerprint density at radius 3 is 2.27 bits per heavy atom. The van der Waals surface area contributed by atoms with Gasteiger partial charge in [-0.25, -0.2) is 4.39 Å². The largest absolute Gasteiger partial charge is 0.491 e.